The highest BCUT2D eigenvalue weighted by atomic mass is 19.4. The van der Waals surface area contributed by atoms with Crippen LogP contribution in [0.3, 0.4) is 0 Å². The largest absolute Gasteiger partial charge is 0.436 e. The van der Waals surface area contributed by atoms with Crippen LogP contribution >= 0.6 is 0 Å². The number of fused-ring (bicyclic) bond motifs is 1. The van der Waals surface area contributed by atoms with Crippen LogP contribution in [0, 0.1) is 11.6 Å². The second-order valence-corrected chi connectivity index (χ2v) is 10.1. The topological polar surface area (TPSA) is 79.8 Å². The van der Waals surface area contributed by atoms with E-state index in [2.05, 4.69) is 4.98 Å². The van der Waals surface area contributed by atoms with Gasteiger partial charge in [-0.25, -0.2) is 13.6 Å². The fourth-order valence-electron chi connectivity index (χ4n) is 5.39. The molecule has 2 aliphatic carbocycles. The number of Topliss-reactive ketones (excluding diaryl/α,β-unsaturated/α-hetero) is 1. The molecule has 1 unspecified atom stereocenters. The summed E-state index contributed by atoms with van der Waals surface area (Å²) < 4.78 is 73.5. The molecule has 0 radical (unpaired) electrons. The van der Waals surface area contributed by atoms with Crippen molar-refractivity contribution in [2.75, 3.05) is 13.1 Å². The van der Waals surface area contributed by atoms with Crippen LogP contribution in [0.15, 0.2) is 66.0 Å². The van der Waals surface area contributed by atoms with Gasteiger partial charge in [-0.15, -0.1) is 0 Å². The van der Waals surface area contributed by atoms with Crippen molar-refractivity contribution in [2.45, 2.75) is 50.0 Å². The number of carbonyl (C=O) groups is 3. The smallest absolute Gasteiger partial charge is 0.411 e. The zero-order valence-corrected chi connectivity index (χ0v) is 21.3. The van der Waals surface area contributed by atoms with Gasteiger partial charge in [0.1, 0.15) is 24.2 Å². The molecule has 5 rings (SSSR count). The van der Waals surface area contributed by atoms with Crippen molar-refractivity contribution in [2.24, 2.45) is 0 Å². The molecule has 3 aliphatic rings. The van der Waals surface area contributed by atoms with Gasteiger partial charge in [0.25, 0.3) is 0 Å². The molecule has 12 heteroatoms. The van der Waals surface area contributed by atoms with Gasteiger partial charge in [0.15, 0.2) is 11.4 Å². The van der Waals surface area contributed by atoms with Gasteiger partial charge in [-0.3, -0.25) is 19.5 Å². The van der Waals surface area contributed by atoms with Crippen molar-refractivity contribution in [3.05, 3.63) is 88.8 Å². The Hall–Kier alpha value is -4.09. The first kappa shape index (κ1) is 27.5. The van der Waals surface area contributed by atoms with Crippen molar-refractivity contribution in [3.63, 3.8) is 0 Å². The van der Waals surface area contributed by atoms with Crippen LogP contribution in [0.4, 0.5) is 26.7 Å². The minimum atomic E-state index is -4.74. The summed E-state index contributed by atoms with van der Waals surface area (Å²) in [5.74, 6) is -3.16. The van der Waals surface area contributed by atoms with E-state index in [-0.39, 0.29) is 30.7 Å². The number of rotatable bonds is 6. The van der Waals surface area contributed by atoms with Crippen LogP contribution in [0.25, 0.3) is 0 Å². The lowest BCUT2D eigenvalue weighted by Crippen LogP contribution is -2.50. The van der Waals surface area contributed by atoms with E-state index in [9.17, 15) is 36.3 Å². The van der Waals surface area contributed by atoms with E-state index in [0.717, 1.165) is 30.2 Å². The summed E-state index contributed by atoms with van der Waals surface area (Å²) in [7, 11) is 0. The molecule has 2 aromatic rings. The van der Waals surface area contributed by atoms with Crippen LogP contribution in [-0.2, 0) is 20.9 Å². The van der Waals surface area contributed by atoms with Crippen molar-refractivity contribution >= 4 is 17.8 Å². The van der Waals surface area contributed by atoms with Gasteiger partial charge in [-0.2, -0.15) is 13.2 Å². The normalized spacial score (nSPS) is 23.1. The highest BCUT2D eigenvalue weighted by Crippen LogP contribution is 2.47. The molecule has 3 atom stereocenters. The zero-order chi connectivity index (χ0) is 28.8. The van der Waals surface area contributed by atoms with E-state index in [1.54, 1.807) is 12.2 Å². The Morgan fingerprint density at radius 3 is 2.58 bits per heavy atom. The van der Waals surface area contributed by atoms with E-state index in [4.69, 9.17) is 4.74 Å². The third kappa shape index (κ3) is 5.09. The Bertz CT molecular complexity index is 1420. The number of amides is 2. The van der Waals surface area contributed by atoms with Crippen LogP contribution in [0.1, 0.15) is 36.8 Å². The number of nitrogens with zero attached hydrogens (tertiary/aromatic N) is 3. The van der Waals surface area contributed by atoms with E-state index < -0.39 is 60.5 Å². The van der Waals surface area contributed by atoms with Crippen molar-refractivity contribution in [1.29, 1.82) is 0 Å². The molecular weight excluding hydrogens is 537 g/mol. The minimum Gasteiger partial charge on any atom is -0.436 e. The second-order valence-electron chi connectivity index (χ2n) is 10.1. The Morgan fingerprint density at radius 1 is 1.18 bits per heavy atom. The molecule has 1 fully saturated rings. The first-order valence-corrected chi connectivity index (χ1v) is 12.5. The molecule has 1 aliphatic heterocycles. The summed E-state index contributed by atoms with van der Waals surface area (Å²) in [4.78, 5) is 44.6. The first-order valence-electron chi connectivity index (χ1n) is 12.5. The highest BCUT2D eigenvalue weighted by molar-refractivity contribution is 6.05. The summed E-state index contributed by atoms with van der Waals surface area (Å²) in [6, 6.07) is 3.77. The number of ether oxygens (including phenoxy) is 1. The summed E-state index contributed by atoms with van der Waals surface area (Å²) in [6.07, 6.45) is 0.529. The fourth-order valence-corrected chi connectivity index (χ4v) is 5.39. The second kappa shape index (κ2) is 10.1. The van der Waals surface area contributed by atoms with Gasteiger partial charge in [-0.1, -0.05) is 24.3 Å². The average Bonchev–Trinajstić information content (AvgIpc) is 3.41. The molecule has 1 saturated heterocycles. The number of carbonyl (C=O) groups excluding carboxylic acids is 3. The Kier molecular flexibility index (Phi) is 6.97. The zero-order valence-electron chi connectivity index (χ0n) is 21.3. The third-order valence-corrected chi connectivity index (χ3v) is 7.56. The van der Waals surface area contributed by atoms with Gasteiger partial charge in [-0.05, 0) is 49.1 Å². The predicted octanol–water partition coefficient (Wildman–Crippen LogP) is 4.84. The van der Waals surface area contributed by atoms with Gasteiger partial charge < -0.3 is 9.64 Å². The molecular formula is C28H24F5N3O4. The number of hydrogen-bond acceptors (Lipinski definition) is 5. The Morgan fingerprint density at radius 2 is 1.90 bits per heavy atom. The number of allylic oxidation sites excluding steroid dienone is 2. The average molecular weight is 562 g/mol. The maximum absolute atomic E-state index is 13.7. The fraction of sp³-hybridized carbons (Fsp3) is 0.357. The van der Waals surface area contributed by atoms with E-state index in [1.165, 1.54) is 24.4 Å². The molecule has 40 heavy (non-hydrogen) atoms. The van der Waals surface area contributed by atoms with Crippen LogP contribution in [0.5, 0.6) is 0 Å². The number of aromatic nitrogens is 1. The number of pyridine rings is 1. The Labute approximate surface area is 225 Å². The lowest BCUT2D eigenvalue weighted by Gasteiger charge is -2.32. The number of alkyl halides is 3. The predicted molar refractivity (Wildman–Crippen MR) is 131 cm³/mol. The van der Waals surface area contributed by atoms with Crippen LogP contribution < -0.4 is 0 Å². The molecule has 2 heterocycles. The van der Waals surface area contributed by atoms with E-state index in [0.29, 0.717) is 21.6 Å². The first-order chi connectivity index (χ1) is 18.9. The van der Waals surface area contributed by atoms with Gasteiger partial charge in [0.05, 0.1) is 18.7 Å². The standard InChI is InChI=1S/C28H24F5N3O4/c1-16(28(31,32)33)36(13-17-2-4-19(29)5-3-17)24(37)14-35-15-27(40-26(35)39)9-8-22-23(27)7-6-21(25(22)38)18-10-20(30)12-34-11-18/h2-7,10-12,16,21H,8-9,13-15H2,1H3/t16-,21?,27-/m0/s1. The maximum Gasteiger partial charge on any atom is 0.411 e. The molecule has 0 bridgehead atoms. The molecule has 7 nitrogen and oxygen atoms in total. The molecule has 1 aromatic carbocycles. The number of halogens is 5. The number of benzene rings is 1. The lowest BCUT2D eigenvalue weighted by molar-refractivity contribution is -0.187. The summed E-state index contributed by atoms with van der Waals surface area (Å²) in [5.41, 5.74) is 0.311. The summed E-state index contributed by atoms with van der Waals surface area (Å²) in [6.45, 7) is -0.427. The maximum atomic E-state index is 13.7. The van der Waals surface area contributed by atoms with Crippen molar-refractivity contribution in [3.8, 4) is 0 Å². The van der Waals surface area contributed by atoms with Crippen molar-refractivity contribution < 1.29 is 41.1 Å². The van der Waals surface area contributed by atoms with Gasteiger partial charge in [0.2, 0.25) is 5.91 Å². The number of hydrogen-bond donors (Lipinski definition) is 0. The van der Waals surface area contributed by atoms with Gasteiger partial charge >= 0.3 is 12.3 Å². The highest BCUT2D eigenvalue weighted by Gasteiger charge is 2.54. The van der Waals surface area contributed by atoms with E-state index >= 15 is 0 Å². The molecule has 2 amide bonds. The van der Waals surface area contributed by atoms with Crippen LogP contribution in [0.2, 0.25) is 0 Å². The molecule has 210 valence electrons. The Balaban J connectivity index is 1.34. The SMILES string of the molecule is C[C@H](N(Cc1ccc(F)cc1)C(=O)CN1C[C@]2(CCC3=C2C=CC(c2cncc(F)c2)C3=O)OC1=O)C(F)(F)F. The van der Waals surface area contributed by atoms with Gasteiger partial charge in [0, 0.05) is 23.9 Å². The lowest BCUT2D eigenvalue weighted by atomic mass is 9.83. The van der Waals surface area contributed by atoms with Crippen LogP contribution in [-0.4, -0.2) is 63.5 Å². The summed E-state index contributed by atoms with van der Waals surface area (Å²) in [5, 5.41) is 0. The third-order valence-electron chi connectivity index (χ3n) is 7.56. The minimum absolute atomic E-state index is 0.134. The molecule has 1 aromatic heterocycles. The molecule has 0 N–H and O–H groups in total. The monoisotopic (exact) mass is 561 g/mol. The number of ketones is 1. The van der Waals surface area contributed by atoms with Crippen molar-refractivity contribution in [1.82, 2.24) is 14.8 Å². The molecule has 0 saturated carbocycles. The summed E-state index contributed by atoms with van der Waals surface area (Å²) >= 11 is 0. The quantitative estimate of drug-likeness (QED) is 0.472. The van der Waals surface area contributed by atoms with E-state index in [1.807, 2.05) is 0 Å². The molecule has 1 spiro atoms.